The first-order valence-electron chi connectivity index (χ1n) is 6.82. The summed E-state index contributed by atoms with van der Waals surface area (Å²) in [5.41, 5.74) is 4.63. The summed E-state index contributed by atoms with van der Waals surface area (Å²) >= 11 is 5.56. The minimum atomic E-state index is 0.729. The Morgan fingerprint density at radius 3 is 2.50 bits per heavy atom. The lowest BCUT2D eigenvalue weighted by Gasteiger charge is -2.26. The molecule has 0 aliphatic rings. The Morgan fingerprint density at radius 2 is 1.85 bits per heavy atom. The van der Waals surface area contributed by atoms with Crippen LogP contribution in [0.4, 0.5) is 11.4 Å². The normalized spacial score (nSPS) is 10.2. The molecule has 0 unspecified atom stereocenters. The monoisotopic (exact) mass is 284 g/mol. The Bertz CT molecular complexity index is 607. The van der Waals surface area contributed by atoms with Crippen LogP contribution >= 0.6 is 12.2 Å². The van der Waals surface area contributed by atoms with Crippen molar-refractivity contribution in [2.24, 2.45) is 0 Å². The molecule has 0 saturated carbocycles. The molecule has 0 aliphatic heterocycles. The van der Waals surface area contributed by atoms with Crippen LogP contribution in [0, 0.1) is 13.8 Å². The van der Waals surface area contributed by atoms with Gasteiger partial charge in [-0.15, -0.1) is 0 Å². The van der Waals surface area contributed by atoms with Crippen LogP contribution in [0.25, 0.3) is 0 Å². The van der Waals surface area contributed by atoms with Gasteiger partial charge in [0, 0.05) is 17.9 Å². The molecule has 1 N–H and O–H groups in total. The van der Waals surface area contributed by atoms with E-state index in [0.29, 0.717) is 0 Å². The minimum absolute atomic E-state index is 0.729. The third-order valence-electron chi connectivity index (χ3n) is 3.24. The molecule has 0 fully saturated rings. The van der Waals surface area contributed by atoms with Gasteiger partial charge in [-0.1, -0.05) is 30.3 Å². The van der Waals surface area contributed by atoms with Gasteiger partial charge in [0.1, 0.15) is 0 Å². The zero-order valence-electron chi connectivity index (χ0n) is 12.2. The summed E-state index contributed by atoms with van der Waals surface area (Å²) < 4.78 is 0. The molecule has 2 rings (SSSR count). The second-order valence-electron chi connectivity index (χ2n) is 4.83. The molecule has 0 radical (unpaired) electrons. The molecule has 20 heavy (non-hydrogen) atoms. The van der Waals surface area contributed by atoms with Crippen molar-refractivity contribution in [3.05, 3.63) is 59.7 Å². The molecular weight excluding hydrogens is 264 g/mol. The van der Waals surface area contributed by atoms with E-state index in [2.05, 4.69) is 55.3 Å². The Balaban J connectivity index is 2.20. The Kier molecular flexibility index (Phi) is 4.74. The predicted octanol–water partition coefficient (Wildman–Crippen LogP) is 4.53. The molecule has 0 bridgehead atoms. The lowest BCUT2D eigenvalue weighted by molar-refractivity contribution is 1.06. The Hall–Kier alpha value is -1.87. The van der Waals surface area contributed by atoms with Crippen molar-refractivity contribution in [3.63, 3.8) is 0 Å². The van der Waals surface area contributed by atoms with E-state index in [9.17, 15) is 0 Å². The number of hydrogen-bond donors (Lipinski definition) is 1. The van der Waals surface area contributed by atoms with Crippen molar-refractivity contribution in [2.75, 3.05) is 16.8 Å². The number of thiocarbonyl (C=S) groups is 1. The van der Waals surface area contributed by atoms with Gasteiger partial charge in [0.2, 0.25) is 0 Å². The molecular formula is C17H20N2S. The zero-order chi connectivity index (χ0) is 14.5. The predicted molar refractivity (Wildman–Crippen MR) is 91.6 cm³/mol. The van der Waals surface area contributed by atoms with Gasteiger partial charge >= 0.3 is 0 Å². The highest BCUT2D eigenvalue weighted by atomic mass is 32.1. The van der Waals surface area contributed by atoms with E-state index in [0.717, 1.165) is 23.0 Å². The van der Waals surface area contributed by atoms with Crippen LogP contribution in [0.5, 0.6) is 0 Å². The van der Waals surface area contributed by atoms with Crippen molar-refractivity contribution in [1.29, 1.82) is 0 Å². The van der Waals surface area contributed by atoms with Gasteiger partial charge in [-0.05, 0) is 62.3 Å². The van der Waals surface area contributed by atoms with E-state index in [4.69, 9.17) is 12.2 Å². The standard InChI is InChI=1S/C17H20N2S/c1-4-19(16-11-6-5-9-14(16)3)17(20)18-15-10-7-8-13(2)12-15/h5-12H,4H2,1-3H3,(H,18,20). The fraction of sp³-hybridized carbons (Fsp3) is 0.235. The first-order chi connectivity index (χ1) is 9.61. The Labute approximate surface area is 126 Å². The molecule has 0 amide bonds. The molecule has 2 nitrogen and oxygen atoms in total. The highest BCUT2D eigenvalue weighted by molar-refractivity contribution is 7.80. The molecule has 2 aromatic rings. The Morgan fingerprint density at radius 1 is 1.10 bits per heavy atom. The van der Waals surface area contributed by atoms with Gasteiger partial charge in [0.15, 0.2) is 5.11 Å². The quantitative estimate of drug-likeness (QED) is 0.834. The van der Waals surface area contributed by atoms with Crippen LogP contribution in [-0.4, -0.2) is 11.7 Å². The van der Waals surface area contributed by atoms with Crippen LogP contribution in [0.1, 0.15) is 18.1 Å². The summed E-state index contributed by atoms with van der Waals surface area (Å²) in [6, 6.07) is 16.5. The molecule has 104 valence electrons. The third-order valence-corrected chi connectivity index (χ3v) is 3.56. The molecule has 0 atom stereocenters. The molecule has 3 heteroatoms. The summed E-state index contributed by atoms with van der Waals surface area (Å²) in [4.78, 5) is 2.12. The van der Waals surface area contributed by atoms with Crippen molar-refractivity contribution in [3.8, 4) is 0 Å². The van der Waals surface area contributed by atoms with Crippen molar-refractivity contribution in [1.82, 2.24) is 0 Å². The number of rotatable bonds is 3. The smallest absolute Gasteiger partial charge is 0.177 e. The number of benzene rings is 2. The second kappa shape index (κ2) is 6.53. The van der Waals surface area contributed by atoms with Crippen LogP contribution in [-0.2, 0) is 0 Å². The fourth-order valence-corrected chi connectivity index (χ4v) is 2.55. The van der Waals surface area contributed by atoms with E-state index in [1.54, 1.807) is 0 Å². The maximum absolute atomic E-state index is 5.56. The second-order valence-corrected chi connectivity index (χ2v) is 5.22. The van der Waals surface area contributed by atoms with Crippen LogP contribution in [0.2, 0.25) is 0 Å². The largest absolute Gasteiger partial charge is 0.332 e. The van der Waals surface area contributed by atoms with Crippen molar-refractivity contribution in [2.45, 2.75) is 20.8 Å². The van der Waals surface area contributed by atoms with Crippen LogP contribution in [0.15, 0.2) is 48.5 Å². The third kappa shape index (κ3) is 3.36. The summed E-state index contributed by atoms with van der Waals surface area (Å²) in [6.45, 7) is 7.12. The molecule has 2 aromatic carbocycles. The summed E-state index contributed by atoms with van der Waals surface area (Å²) in [5.74, 6) is 0. The number of aryl methyl sites for hydroxylation is 2. The van der Waals surface area contributed by atoms with Gasteiger partial charge in [-0.25, -0.2) is 0 Å². The maximum Gasteiger partial charge on any atom is 0.177 e. The molecule has 0 spiro atoms. The average Bonchev–Trinajstić information content (AvgIpc) is 2.41. The molecule has 0 saturated heterocycles. The van der Waals surface area contributed by atoms with E-state index in [1.165, 1.54) is 11.1 Å². The maximum atomic E-state index is 5.56. The van der Waals surface area contributed by atoms with Crippen molar-refractivity contribution < 1.29 is 0 Å². The van der Waals surface area contributed by atoms with E-state index >= 15 is 0 Å². The van der Waals surface area contributed by atoms with Gasteiger partial charge in [0.25, 0.3) is 0 Å². The van der Waals surface area contributed by atoms with Gasteiger partial charge in [-0.3, -0.25) is 0 Å². The topological polar surface area (TPSA) is 15.3 Å². The SMILES string of the molecule is CCN(C(=S)Nc1cccc(C)c1)c1ccccc1C. The van der Waals surface area contributed by atoms with E-state index < -0.39 is 0 Å². The van der Waals surface area contributed by atoms with Crippen LogP contribution < -0.4 is 10.2 Å². The highest BCUT2D eigenvalue weighted by Crippen LogP contribution is 2.20. The summed E-state index contributed by atoms with van der Waals surface area (Å²) in [5, 5.41) is 4.05. The van der Waals surface area contributed by atoms with Gasteiger partial charge < -0.3 is 10.2 Å². The molecule has 0 heterocycles. The lowest BCUT2D eigenvalue weighted by atomic mass is 10.2. The lowest BCUT2D eigenvalue weighted by Crippen LogP contribution is -2.35. The van der Waals surface area contributed by atoms with Crippen molar-refractivity contribution >= 4 is 28.7 Å². The van der Waals surface area contributed by atoms with Gasteiger partial charge in [0.05, 0.1) is 0 Å². The molecule has 0 aliphatic carbocycles. The van der Waals surface area contributed by atoms with Crippen LogP contribution in [0.3, 0.4) is 0 Å². The minimum Gasteiger partial charge on any atom is -0.332 e. The molecule has 0 aromatic heterocycles. The van der Waals surface area contributed by atoms with E-state index in [-0.39, 0.29) is 0 Å². The number of para-hydroxylation sites is 1. The first kappa shape index (κ1) is 14.5. The highest BCUT2D eigenvalue weighted by Gasteiger charge is 2.12. The number of nitrogens with one attached hydrogen (secondary N) is 1. The summed E-state index contributed by atoms with van der Waals surface area (Å²) in [7, 11) is 0. The number of hydrogen-bond acceptors (Lipinski definition) is 1. The first-order valence-corrected chi connectivity index (χ1v) is 7.23. The zero-order valence-corrected chi connectivity index (χ0v) is 13.0. The number of anilines is 2. The van der Waals surface area contributed by atoms with E-state index in [1.807, 2.05) is 24.3 Å². The fourth-order valence-electron chi connectivity index (χ4n) is 2.20. The van der Waals surface area contributed by atoms with Gasteiger partial charge in [-0.2, -0.15) is 0 Å². The average molecular weight is 284 g/mol. The summed E-state index contributed by atoms with van der Waals surface area (Å²) in [6.07, 6.45) is 0. The number of nitrogens with zero attached hydrogens (tertiary/aromatic N) is 1.